The van der Waals surface area contributed by atoms with Crippen LogP contribution in [0.25, 0.3) is 10.1 Å². The lowest BCUT2D eigenvalue weighted by atomic mass is 10.0. The van der Waals surface area contributed by atoms with Crippen LogP contribution in [0, 0.1) is 5.92 Å². The van der Waals surface area contributed by atoms with Crippen molar-refractivity contribution < 1.29 is 0 Å². The van der Waals surface area contributed by atoms with Gasteiger partial charge in [0.15, 0.2) is 0 Å². The van der Waals surface area contributed by atoms with Crippen molar-refractivity contribution in [2.45, 2.75) is 18.8 Å². The molecule has 1 heterocycles. The summed E-state index contributed by atoms with van der Waals surface area (Å²) < 4.78 is 1.40. The molecule has 1 fully saturated rings. The van der Waals surface area contributed by atoms with Crippen LogP contribution >= 0.6 is 11.3 Å². The molecule has 0 amide bonds. The highest BCUT2D eigenvalue weighted by Gasteiger charge is 2.51. The molecule has 1 aromatic carbocycles. The lowest BCUT2D eigenvalue weighted by Gasteiger charge is -2.06. The van der Waals surface area contributed by atoms with Gasteiger partial charge in [0.25, 0.3) is 0 Å². The second kappa shape index (κ2) is 3.06. The molecule has 0 aliphatic heterocycles. The summed E-state index contributed by atoms with van der Waals surface area (Å²) in [6.45, 7) is 3.17. The van der Waals surface area contributed by atoms with Gasteiger partial charge in [-0.2, -0.15) is 0 Å². The number of fused-ring (bicyclic) bond motifs is 1. The van der Waals surface area contributed by atoms with Gasteiger partial charge in [-0.15, -0.1) is 11.3 Å². The van der Waals surface area contributed by atoms with E-state index in [2.05, 4.69) is 37.3 Å². The third-order valence-corrected chi connectivity index (χ3v) is 5.08. The smallest absolute Gasteiger partial charge is 0.0345 e. The lowest BCUT2D eigenvalue weighted by molar-refractivity contribution is 0.678. The number of hydrogen-bond acceptors (Lipinski definition) is 2. The van der Waals surface area contributed by atoms with Crippen molar-refractivity contribution in [2.75, 3.05) is 6.54 Å². The fraction of sp³-hybridized carbons (Fsp3) is 0.385. The quantitative estimate of drug-likeness (QED) is 0.821. The minimum absolute atomic E-state index is 0.373. The zero-order valence-electron chi connectivity index (χ0n) is 8.86. The van der Waals surface area contributed by atoms with Crippen LogP contribution in [0.3, 0.4) is 0 Å². The standard InChI is InChI=1S/C13H15NS/c1-13(7-10(13)8-14)12-6-9-4-2-3-5-11(9)15-12/h2-6,10H,7-8,14H2,1H3. The predicted molar refractivity (Wildman–Crippen MR) is 66.3 cm³/mol. The maximum absolute atomic E-state index is 5.75. The Kier molecular flexibility index (Phi) is 1.91. The molecule has 78 valence electrons. The van der Waals surface area contributed by atoms with Gasteiger partial charge in [-0.1, -0.05) is 25.1 Å². The van der Waals surface area contributed by atoms with Gasteiger partial charge in [-0.3, -0.25) is 0 Å². The van der Waals surface area contributed by atoms with Gasteiger partial charge in [0.1, 0.15) is 0 Å². The Bertz CT molecular complexity index is 469. The van der Waals surface area contributed by atoms with Crippen molar-refractivity contribution in [1.29, 1.82) is 0 Å². The van der Waals surface area contributed by atoms with E-state index in [-0.39, 0.29) is 0 Å². The van der Waals surface area contributed by atoms with Crippen LogP contribution in [0.5, 0.6) is 0 Å². The Hall–Kier alpha value is -0.860. The largest absolute Gasteiger partial charge is 0.330 e. The van der Waals surface area contributed by atoms with Crippen LogP contribution in [-0.4, -0.2) is 6.54 Å². The van der Waals surface area contributed by atoms with Gasteiger partial charge in [0, 0.05) is 15.0 Å². The van der Waals surface area contributed by atoms with Crippen molar-refractivity contribution in [3.8, 4) is 0 Å². The van der Waals surface area contributed by atoms with Gasteiger partial charge >= 0.3 is 0 Å². The molecule has 2 unspecified atom stereocenters. The Labute approximate surface area is 93.9 Å². The summed E-state index contributed by atoms with van der Waals surface area (Å²) in [7, 11) is 0. The van der Waals surface area contributed by atoms with E-state index in [1.165, 1.54) is 21.4 Å². The Morgan fingerprint density at radius 1 is 1.47 bits per heavy atom. The molecule has 1 nitrogen and oxygen atoms in total. The third kappa shape index (κ3) is 1.32. The highest BCUT2D eigenvalue weighted by molar-refractivity contribution is 7.19. The van der Waals surface area contributed by atoms with Crippen molar-refractivity contribution in [3.63, 3.8) is 0 Å². The van der Waals surface area contributed by atoms with Crippen LogP contribution in [0.4, 0.5) is 0 Å². The summed E-state index contributed by atoms with van der Waals surface area (Å²) in [5.74, 6) is 0.700. The number of rotatable bonds is 2. The molecular formula is C13H15NS. The minimum Gasteiger partial charge on any atom is -0.330 e. The molecule has 3 rings (SSSR count). The minimum atomic E-state index is 0.373. The van der Waals surface area contributed by atoms with Gasteiger partial charge in [0.2, 0.25) is 0 Å². The predicted octanol–water partition coefficient (Wildman–Crippen LogP) is 3.14. The van der Waals surface area contributed by atoms with Crippen molar-refractivity contribution in [2.24, 2.45) is 11.7 Å². The van der Waals surface area contributed by atoms with Gasteiger partial charge in [-0.05, 0) is 36.4 Å². The summed E-state index contributed by atoms with van der Waals surface area (Å²) in [4.78, 5) is 1.51. The molecule has 0 saturated heterocycles. The highest BCUT2D eigenvalue weighted by atomic mass is 32.1. The second-order valence-corrected chi connectivity index (χ2v) is 5.79. The van der Waals surface area contributed by atoms with Crippen LogP contribution in [0.1, 0.15) is 18.2 Å². The highest BCUT2D eigenvalue weighted by Crippen LogP contribution is 2.55. The molecule has 0 bridgehead atoms. The topological polar surface area (TPSA) is 26.0 Å². The van der Waals surface area contributed by atoms with E-state index in [9.17, 15) is 0 Å². The molecule has 1 aliphatic rings. The van der Waals surface area contributed by atoms with Crippen LogP contribution in [-0.2, 0) is 5.41 Å². The lowest BCUT2D eigenvalue weighted by Crippen LogP contribution is -2.10. The number of nitrogens with two attached hydrogens (primary N) is 1. The number of hydrogen-bond donors (Lipinski definition) is 1. The van der Waals surface area contributed by atoms with Crippen LogP contribution in [0.15, 0.2) is 30.3 Å². The molecule has 0 radical (unpaired) electrons. The van der Waals surface area contributed by atoms with E-state index in [1.54, 1.807) is 0 Å². The van der Waals surface area contributed by atoms with Gasteiger partial charge in [0.05, 0.1) is 0 Å². The zero-order valence-corrected chi connectivity index (χ0v) is 9.68. The zero-order chi connectivity index (χ0) is 10.5. The first-order chi connectivity index (χ1) is 7.24. The van der Waals surface area contributed by atoms with Crippen LogP contribution < -0.4 is 5.73 Å². The second-order valence-electron chi connectivity index (χ2n) is 4.70. The Balaban J connectivity index is 2.06. The first-order valence-electron chi connectivity index (χ1n) is 5.43. The number of thiophene rings is 1. The summed E-state index contributed by atoms with van der Waals surface area (Å²) in [6.07, 6.45) is 1.26. The molecule has 1 aromatic heterocycles. The molecule has 2 heteroatoms. The monoisotopic (exact) mass is 217 g/mol. The van der Waals surface area contributed by atoms with E-state index in [0.717, 1.165) is 6.54 Å². The summed E-state index contributed by atoms with van der Waals surface area (Å²) in [6, 6.07) is 11.0. The van der Waals surface area contributed by atoms with E-state index in [4.69, 9.17) is 5.73 Å². The van der Waals surface area contributed by atoms with Crippen molar-refractivity contribution >= 4 is 21.4 Å². The summed E-state index contributed by atoms with van der Waals surface area (Å²) >= 11 is 1.93. The van der Waals surface area contributed by atoms with E-state index in [0.29, 0.717) is 11.3 Å². The van der Waals surface area contributed by atoms with Crippen LogP contribution in [0.2, 0.25) is 0 Å². The molecule has 1 saturated carbocycles. The van der Waals surface area contributed by atoms with Crippen molar-refractivity contribution in [1.82, 2.24) is 0 Å². The van der Waals surface area contributed by atoms with Gasteiger partial charge < -0.3 is 5.73 Å². The maximum atomic E-state index is 5.75. The van der Waals surface area contributed by atoms with E-state index in [1.807, 2.05) is 11.3 Å². The molecule has 2 atom stereocenters. The SMILES string of the molecule is CC1(c2cc3ccccc3s2)CC1CN. The van der Waals surface area contributed by atoms with E-state index < -0.39 is 0 Å². The fourth-order valence-corrected chi connectivity index (χ4v) is 3.66. The Morgan fingerprint density at radius 3 is 2.93 bits per heavy atom. The maximum Gasteiger partial charge on any atom is 0.0345 e. The van der Waals surface area contributed by atoms with E-state index >= 15 is 0 Å². The molecule has 0 spiro atoms. The molecule has 2 N–H and O–H groups in total. The molecule has 1 aliphatic carbocycles. The summed E-state index contributed by atoms with van der Waals surface area (Å²) in [5.41, 5.74) is 6.12. The average Bonchev–Trinajstić information content (AvgIpc) is 2.76. The fourth-order valence-electron chi connectivity index (χ4n) is 2.36. The summed E-state index contributed by atoms with van der Waals surface area (Å²) in [5, 5.41) is 1.38. The van der Waals surface area contributed by atoms with Gasteiger partial charge in [-0.25, -0.2) is 0 Å². The molecule has 2 aromatic rings. The average molecular weight is 217 g/mol. The number of benzene rings is 1. The Morgan fingerprint density at radius 2 is 2.27 bits per heavy atom. The normalized spacial score (nSPS) is 29.6. The van der Waals surface area contributed by atoms with Crippen molar-refractivity contribution in [3.05, 3.63) is 35.2 Å². The first kappa shape index (κ1) is 9.37. The third-order valence-electron chi connectivity index (χ3n) is 3.68. The molecular weight excluding hydrogens is 202 g/mol. The first-order valence-corrected chi connectivity index (χ1v) is 6.25. The molecule has 15 heavy (non-hydrogen) atoms.